The van der Waals surface area contributed by atoms with E-state index in [-0.39, 0.29) is 11.3 Å². The Balaban J connectivity index is 0.000000657. The van der Waals surface area contributed by atoms with E-state index in [2.05, 4.69) is 148 Å². The van der Waals surface area contributed by atoms with Gasteiger partial charge in [-0.3, -0.25) is 0 Å². The van der Waals surface area contributed by atoms with Crippen LogP contribution in [0.2, 0.25) is 0 Å². The first-order chi connectivity index (χ1) is 19.6. The van der Waals surface area contributed by atoms with Crippen LogP contribution in [0.3, 0.4) is 0 Å². The van der Waals surface area contributed by atoms with Gasteiger partial charge in [-0.1, -0.05) is 0 Å². The van der Waals surface area contributed by atoms with Gasteiger partial charge >= 0.3 is 225 Å². The molecule has 0 aromatic heterocycles. The van der Waals surface area contributed by atoms with Gasteiger partial charge in [0.05, 0.1) is 0 Å². The Bertz CT molecular complexity index is 1220. The molecule has 0 aliphatic carbocycles. The van der Waals surface area contributed by atoms with Crippen LogP contribution in [0.25, 0.3) is 0 Å². The average molecular weight is 686 g/mol. The van der Waals surface area contributed by atoms with Gasteiger partial charge in [-0.15, -0.1) is 0 Å². The Morgan fingerprint density at radius 2 is 0.605 bits per heavy atom. The Labute approximate surface area is 263 Å². The molecule has 1 atom stereocenters. The first-order valence-corrected chi connectivity index (χ1v) is 24.6. The molecule has 1 unspecified atom stereocenters. The van der Waals surface area contributed by atoms with Crippen molar-refractivity contribution in [3.8, 4) is 0 Å². The molecule has 0 amide bonds. The predicted molar refractivity (Wildman–Crippen MR) is 197 cm³/mol. The molecule has 43 heavy (non-hydrogen) atoms. The maximum atomic E-state index is 9.58. The van der Waals surface area contributed by atoms with Crippen LogP contribution in [-0.2, 0) is 33.8 Å². The molecule has 0 aliphatic rings. The van der Waals surface area contributed by atoms with Gasteiger partial charge in [-0.2, -0.15) is 9.90 Å². The topological polar surface area (TPSA) is 115 Å². The number of benzene rings is 4. The molecule has 4 aromatic rings. The van der Waals surface area contributed by atoms with Gasteiger partial charge in [0.2, 0.25) is 0 Å². The van der Waals surface area contributed by atoms with E-state index in [0.717, 1.165) is 0 Å². The van der Waals surface area contributed by atoms with Crippen molar-refractivity contribution < 1.29 is 30.1 Å². The normalized spacial score (nSPS) is 12.4. The summed E-state index contributed by atoms with van der Waals surface area (Å²) in [5, 5.41) is 0. The molecule has 0 spiro atoms. The number of rotatable bonds is 9. The maximum Gasteiger partial charge on any atom is 1.00 e. The molecular weight excluding hydrogens is 635 g/mol. The summed E-state index contributed by atoms with van der Waals surface area (Å²) in [4.78, 5) is 30.8. The van der Waals surface area contributed by atoms with Crippen LogP contribution >= 0.6 is 39.0 Å². The Hall–Kier alpha value is -1.53. The SMILES string of the molecule is C[PH](C)(Cc1ccccc1)Cc1ccccc1.C[PH](C)(Cc1ccccc1)Cc1ccccc1.O=P(O)(O)P(=O)(O)O.P.[H+]. The van der Waals surface area contributed by atoms with E-state index in [0.29, 0.717) is 0 Å². The first kappa shape index (κ1) is 39.5. The summed E-state index contributed by atoms with van der Waals surface area (Å²) in [7, 11) is -12.7. The molecule has 6 nitrogen and oxygen atoms in total. The molecular formula is C32H50O6P5+. The summed E-state index contributed by atoms with van der Waals surface area (Å²) >= 11 is 0. The standard InChI is InChI=1S/2C16H21P.H4O6P2.H3P/c2*1-17(2,13-15-9-5-3-6-10-15)14-16-11-7-4-8-12-16;1-7(2,3)8(4,5)6;/h2*3-12,17H,13-14H2,1-2H3;(H2,1,2,3)(H2,4,5,6);1H3/p+1. The van der Waals surface area contributed by atoms with Crippen LogP contribution < -0.4 is 0 Å². The molecule has 11 heteroatoms. The molecule has 0 heterocycles. The minimum atomic E-state index is -5.18. The molecule has 4 rings (SSSR count). The van der Waals surface area contributed by atoms with Crippen molar-refractivity contribution in [1.82, 2.24) is 0 Å². The fourth-order valence-corrected chi connectivity index (χ4v) is 10.3. The van der Waals surface area contributed by atoms with Crippen LogP contribution in [0.1, 0.15) is 23.7 Å². The fraction of sp³-hybridized carbons (Fsp3) is 0.250. The van der Waals surface area contributed by atoms with Crippen LogP contribution in [-0.4, -0.2) is 46.2 Å². The fourth-order valence-electron chi connectivity index (χ4n) is 4.72. The van der Waals surface area contributed by atoms with Crippen molar-refractivity contribution in [2.75, 3.05) is 26.7 Å². The van der Waals surface area contributed by atoms with Gasteiger partial charge in [0.15, 0.2) is 0 Å². The van der Waals surface area contributed by atoms with Gasteiger partial charge in [0.25, 0.3) is 0 Å². The van der Waals surface area contributed by atoms with Gasteiger partial charge in [0, 0.05) is 0 Å². The third kappa shape index (κ3) is 16.9. The van der Waals surface area contributed by atoms with E-state index < -0.39 is 29.1 Å². The number of hydrogen-bond donors (Lipinski definition) is 4. The minimum Gasteiger partial charge on any atom is -0.316 e. The van der Waals surface area contributed by atoms with Gasteiger partial charge < -0.3 is 19.6 Å². The molecule has 0 fully saturated rings. The van der Waals surface area contributed by atoms with E-state index in [4.69, 9.17) is 19.6 Å². The van der Waals surface area contributed by atoms with E-state index in [1.807, 2.05) is 0 Å². The second-order valence-electron chi connectivity index (χ2n) is 12.0. The predicted octanol–water partition coefficient (Wildman–Crippen LogP) is 8.22. The third-order valence-corrected chi connectivity index (χ3v) is 14.6. The maximum absolute atomic E-state index is 9.58. The molecule has 0 saturated carbocycles. The summed E-state index contributed by atoms with van der Waals surface area (Å²) in [6.45, 7) is 9.92. The van der Waals surface area contributed by atoms with Gasteiger partial charge in [-0.25, -0.2) is 9.13 Å². The Morgan fingerprint density at radius 3 is 0.744 bits per heavy atom. The van der Waals surface area contributed by atoms with E-state index in [1.165, 1.54) is 46.9 Å². The van der Waals surface area contributed by atoms with Crippen molar-refractivity contribution in [1.29, 1.82) is 0 Å². The first-order valence-electron chi connectivity index (χ1n) is 13.8. The molecule has 0 radical (unpaired) electrons. The van der Waals surface area contributed by atoms with Crippen LogP contribution in [0.4, 0.5) is 0 Å². The molecule has 4 N–H and O–H groups in total. The van der Waals surface area contributed by atoms with Crippen molar-refractivity contribution in [3.05, 3.63) is 144 Å². The largest absolute Gasteiger partial charge is 1.00 e. The summed E-state index contributed by atoms with van der Waals surface area (Å²) in [5.41, 5.74) is 5.94. The van der Waals surface area contributed by atoms with Crippen molar-refractivity contribution in [3.63, 3.8) is 0 Å². The summed E-state index contributed by atoms with van der Waals surface area (Å²) < 4.78 is 19.2. The van der Waals surface area contributed by atoms with E-state index in [9.17, 15) is 9.13 Å². The molecule has 238 valence electrons. The van der Waals surface area contributed by atoms with Crippen LogP contribution in [0, 0.1) is 0 Å². The zero-order valence-corrected chi connectivity index (χ0v) is 30.8. The Kier molecular flexibility index (Phi) is 16.9. The summed E-state index contributed by atoms with van der Waals surface area (Å²) in [6, 6.07) is 43.5. The van der Waals surface area contributed by atoms with Crippen molar-refractivity contribution in [2.45, 2.75) is 24.6 Å². The quantitative estimate of drug-likeness (QED) is 0.132. The van der Waals surface area contributed by atoms with E-state index in [1.54, 1.807) is 0 Å². The van der Waals surface area contributed by atoms with Crippen LogP contribution in [0.5, 0.6) is 0 Å². The third-order valence-electron chi connectivity index (χ3n) is 6.44. The smallest absolute Gasteiger partial charge is 0.316 e. The zero-order valence-electron chi connectivity index (χ0n) is 26.6. The molecule has 0 bridgehead atoms. The van der Waals surface area contributed by atoms with Gasteiger partial charge in [0.1, 0.15) is 0 Å². The van der Waals surface area contributed by atoms with Crippen molar-refractivity contribution in [2.24, 2.45) is 0 Å². The second kappa shape index (κ2) is 18.4. The number of hydrogen-bond acceptors (Lipinski definition) is 2. The van der Waals surface area contributed by atoms with Crippen molar-refractivity contribution >= 4 is 39.0 Å². The molecule has 0 saturated heterocycles. The Morgan fingerprint density at radius 1 is 0.442 bits per heavy atom. The average Bonchev–Trinajstić information content (AvgIpc) is 2.89. The monoisotopic (exact) mass is 685 g/mol. The summed E-state index contributed by atoms with van der Waals surface area (Å²) in [5.74, 6) is 0. The molecule has 0 aliphatic heterocycles. The second-order valence-corrected chi connectivity index (χ2v) is 27.3. The van der Waals surface area contributed by atoms with Crippen LogP contribution in [0.15, 0.2) is 121 Å². The molecule has 4 aromatic carbocycles. The minimum absolute atomic E-state index is 0. The summed E-state index contributed by atoms with van der Waals surface area (Å²) in [6.07, 6.45) is 5.07. The zero-order chi connectivity index (χ0) is 31.3. The van der Waals surface area contributed by atoms with Gasteiger partial charge in [-0.05, 0) is 0 Å². The van der Waals surface area contributed by atoms with E-state index >= 15 is 0 Å².